The first-order valence-electron chi connectivity index (χ1n) is 9.29. The molecule has 1 aliphatic rings. The van der Waals surface area contributed by atoms with Crippen LogP contribution < -0.4 is 16.4 Å². The Hall–Kier alpha value is -3.30. The smallest absolute Gasteiger partial charge is 0.323 e. The Morgan fingerprint density at radius 3 is 2.79 bits per heavy atom. The van der Waals surface area contributed by atoms with Gasteiger partial charge in [0.2, 0.25) is 5.89 Å². The van der Waals surface area contributed by atoms with Gasteiger partial charge < -0.3 is 20.9 Å². The van der Waals surface area contributed by atoms with E-state index in [1.54, 1.807) is 0 Å². The molecule has 0 saturated heterocycles. The highest BCUT2D eigenvalue weighted by Gasteiger charge is 2.21. The van der Waals surface area contributed by atoms with Gasteiger partial charge in [0.1, 0.15) is 5.82 Å². The molecule has 2 heterocycles. The van der Waals surface area contributed by atoms with Gasteiger partial charge in [-0.3, -0.25) is 4.90 Å². The van der Waals surface area contributed by atoms with Gasteiger partial charge in [-0.05, 0) is 47.9 Å². The van der Waals surface area contributed by atoms with E-state index in [-0.39, 0.29) is 18.4 Å². The number of rotatable bonds is 5. The van der Waals surface area contributed by atoms with Crippen LogP contribution in [0.5, 0.6) is 0 Å². The molecule has 3 aromatic rings. The third-order valence-electron chi connectivity index (χ3n) is 4.75. The normalized spacial score (nSPS) is 13.7. The Bertz CT molecular complexity index is 1000. The third-order valence-corrected chi connectivity index (χ3v) is 4.75. The molecule has 0 fully saturated rings. The topological polar surface area (TPSA) is 109 Å². The zero-order valence-electron chi connectivity index (χ0n) is 15.7. The fraction of sp³-hybridized carbons (Fsp3) is 0.250. The van der Waals surface area contributed by atoms with Crippen molar-refractivity contribution < 1.29 is 13.7 Å². The van der Waals surface area contributed by atoms with E-state index >= 15 is 0 Å². The maximum Gasteiger partial charge on any atom is 0.323 e. The van der Waals surface area contributed by atoms with Crippen molar-refractivity contribution in [2.45, 2.75) is 26.1 Å². The van der Waals surface area contributed by atoms with Gasteiger partial charge in [-0.1, -0.05) is 17.3 Å². The predicted octanol–water partition coefficient (Wildman–Crippen LogP) is 2.87. The zero-order valence-corrected chi connectivity index (χ0v) is 15.7. The van der Waals surface area contributed by atoms with Gasteiger partial charge in [-0.2, -0.15) is 4.98 Å². The molecule has 29 heavy (non-hydrogen) atoms. The van der Waals surface area contributed by atoms with Crippen molar-refractivity contribution in [1.82, 2.24) is 15.0 Å². The van der Waals surface area contributed by atoms with Crippen LogP contribution in [-0.2, 0) is 26.1 Å². The SMILES string of the molecule is NCc1nc(CN2CCc3c(cccc3NC(=O)Nc3ccc(F)cc3)C2)no1. The van der Waals surface area contributed by atoms with Gasteiger partial charge in [-0.15, -0.1) is 0 Å². The Balaban J connectivity index is 1.41. The van der Waals surface area contributed by atoms with E-state index in [9.17, 15) is 9.18 Å². The molecular weight excluding hydrogens is 375 g/mol. The molecular formula is C20H21FN6O2. The number of nitrogens with two attached hydrogens (primary N) is 1. The molecule has 0 aliphatic carbocycles. The molecule has 4 N–H and O–H groups in total. The molecule has 1 aliphatic heterocycles. The highest BCUT2D eigenvalue weighted by Crippen LogP contribution is 2.27. The van der Waals surface area contributed by atoms with Crippen LogP contribution in [0.1, 0.15) is 22.8 Å². The summed E-state index contributed by atoms with van der Waals surface area (Å²) < 4.78 is 18.1. The van der Waals surface area contributed by atoms with E-state index in [2.05, 4.69) is 25.7 Å². The molecule has 0 spiro atoms. The molecule has 2 amide bonds. The number of hydrogen-bond donors (Lipinski definition) is 3. The van der Waals surface area contributed by atoms with Crippen LogP contribution in [0, 0.1) is 5.82 Å². The summed E-state index contributed by atoms with van der Waals surface area (Å²) in [6, 6.07) is 11.1. The number of halogens is 1. The standard InChI is InChI=1S/C20H21FN6O2/c21-14-4-6-15(7-5-14)23-20(28)24-17-3-1-2-13-11-27(9-8-16(13)17)12-18-25-19(10-22)29-26-18/h1-7H,8-12,22H2,(H2,23,24,28). The Morgan fingerprint density at radius 2 is 2.03 bits per heavy atom. The number of aromatic nitrogens is 2. The molecule has 0 bridgehead atoms. The van der Waals surface area contributed by atoms with Gasteiger partial charge in [0.15, 0.2) is 5.82 Å². The third kappa shape index (κ3) is 4.58. The van der Waals surface area contributed by atoms with Gasteiger partial charge in [0, 0.05) is 24.5 Å². The van der Waals surface area contributed by atoms with E-state index in [1.165, 1.54) is 24.3 Å². The average Bonchev–Trinajstić information content (AvgIpc) is 3.17. The van der Waals surface area contributed by atoms with Gasteiger partial charge in [-0.25, -0.2) is 9.18 Å². The highest BCUT2D eigenvalue weighted by molar-refractivity contribution is 6.00. The summed E-state index contributed by atoms with van der Waals surface area (Å²) in [7, 11) is 0. The molecule has 1 aromatic heterocycles. The second kappa shape index (κ2) is 8.38. The first kappa shape index (κ1) is 19.0. The summed E-state index contributed by atoms with van der Waals surface area (Å²) in [5.41, 5.74) is 9.04. The largest absolute Gasteiger partial charge is 0.338 e. The Morgan fingerprint density at radius 1 is 1.21 bits per heavy atom. The lowest BCUT2D eigenvalue weighted by Gasteiger charge is -2.29. The minimum Gasteiger partial charge on any atom is -0.338 e. The van der Waals surface area contributed by atoms with E-state index in [0.717, 1.165) is 36.3 Å². The summed E-state index contributed by atoms with van der Waals surface area (Å²) in [4.78, 5) is 18.8. The van der Waals surface area contributed by atoms with E-state index in [0.29, 0.717) is 23.9 Å². The van der Waals surface area contributed by atoms with Gasteiger partial charge >= 0.3 is 6.03 Å². The minimum absolute atomic E-state index is 0.227. The van der Waals surface area contributed by atoms with Crippen LogP contribution in [0.25, 0.3) is 0 Å². The number of nitrogens with one attached hydrogen (secondary N) is 2. The average molecular weight is 396 g/mol. The summed E-state index contributed by atoms with van der Waals surface area (Å²) in [5.74, 6) is 0.690. The lowest BCUT2D eigenvalue weighted by molar-refractivity contribution is 0.235. The van der Waals surface area contributed by atoms with Gasteiger partial charge in [0.05, 0.1) is 13.1 Å². The van der Waals surface area contributed by atoms with E-state index < -0.39 is 0 Å². The van der Waals surface area contributed by atoms with Crippen molar-refractivity contribution in [2.24, 2.45) is 5.73 Å². The summed E-state index contributed by atoms with van der Waals surface area (Å²) in [5, 5.41) is 9.54. The van der Waals surface area contributed by atoms with Crippen molar-refractivity contribution >= 4 is 17.4 Å². The van der Waals surface area contributed by atoms with Crippen molar-refractivity contribution in [3.05, 3.63) is 71.1 Å². The molecule has 4 rings (SSSR count). The van der Waals surface area contributed by atoms with Gasteiger partial charge in [0.25, 0.3) is 0 Å². The Kier molecular flexibility index (Phi) is 5.50. The Labute approximate surface area is 166 Å². The molecule has 150 valence electrons. The second-order valence-electron chi connectivity index (χ2n) is 6.80. The molecule has 0 atom stereocenters. The fourth-order valence-electron chi connectivity index (χ4n) is 3.38. The number of amides is 2. The number of anilines is 2. The monoisotopic (exact) mass is 396 g/mol. The molecule has 9 heteroatoms. The second-order valence-corrected chi connectivity index (χ2v) is 6.80. The number of urea groups is 1. The van der Waals surface area contributed by atoms with Crippen molar-refractivity contribution in [3.8, 4) is 0 Å². The predicted molar refractivity (Wildman–Crippen MR) is 105 cm³/mol. The summed E-state index contributed by atoms with van der Waals surface area (Å²) >= 11 is 0. The van der Waals surface area contributed by atoms with Crippen LogP contribution in [-0.4, -0.2) is 27.6 Å². The maximum atomic E-state index is 13.0. The number of carbonyl (C=O) groups excluding carboxylic acids is 1. The number of benzene rings is 2. The molecule has 0 saturated carbocycles. The number of fused-ring (bicyclic) bond motifs is 1. The number of nitrogens with zero attached hydrogens (tertiary/aromatic N) is 3. The quantitative estimate of drug-likeness (QED) is 0.612. The molecule has 0 radical (unpaired) electrons. The summed E-state index contributed by atoms with van der Waals surface area (Å²) in [6.07, 6.45) is 0.782. The molecule has 8 nitrogen and oxygen atoms in total. The first-order valence-corrected chi connectivity index (χ1v) is 9.29. The first-order chi connectivity index (χ1) is 14.1. The van der Waals surface area contributed by atoms with Crippen LogP contribution in [0.2, 0.25) is 0 Å². The van der Waals surface area contributed by atoms with E-state index in [1.807, 2.05) is 18.2 Å². The number of carbonyl (C=O) groups is 1. The number of hydrogen-bond acceptors (Lipinski definition) is 6. The summed E-state index contributed by atoms with van der Waals surface area (Å²) in [6.45, 7) is 2.32. The van der Waals surface area contributed by atoms with Crippen LogP contribution >= 0.6 is 0 Å². The fourth-order valence-corrected chi connectivity index (χ4v) is 3.38. The lowest BCUT2D eigenvalue weighted by Crippen LogP contribution is -2.31. The van der Waals surface area contributed by atoms with E-state index in [4.69, 9.17) is 10.3 Å². The zero-order chi connectivity index (χ0) is 20.2. The molecule has 2 aromatic carbocycles. The van der Waals surface area contributed by atoms with Crippen molar-refractivity contribution in [2.75, 3.05) is 17.2 Å². The lowest BCUT2D eigenvalue weighted by atomic mass is 9.97. The van der Waals surface area contributed by atoms with Crippen LogP contribution in [0.15, 0.2) is 47.0 Å². The minimum atomic E-state index is -0.367. The highest BCUT2D eigenvalue weighted by atomic mass is 19.1. The van der Waals surface area contributed by atoms with Crippen LogP contribution in [0.3, 0.4) is 0 Å². The molecule has 0 unspecified atom stereocenters. The van der Waals surface area contributed by atoms with Crippen LogP contribution in [0.4, 0.5) is 20.6 Å². The maximum absolute atomic E-state index is 13.0. The van der Waals surface area contributed by atoms with Crippen molar-refractivity contribution in [3.63, 3.8) is 0 Å². The van der Waals surface area contributed by atoms with Crippen molar-refractivity contribution in [1.29, 1.82) is 0 Å².